The summed E-state index contributed by atoms with van der Waals surface area (Å²) in [5.41, 5.74) is 2.90. The Kier molecular flexibility index (Phi) is 6.06. The van der Waals surface area contributed by atoms with Gasteiger partial charge in [0.05, 0.1) is 0 Å². The van der Waals surface area contributed by atoms with Gasteiger partial charge in [-0.25, -0.2) is 0 Å². The van der Waals surface area contributed by atoms with Crippen LogP contribution >= 0.6 is 0 Å². The first-order valence-corrected chi connectivity index (χ1v) is 8.27. The molecule has 2 rings (SSSR count). The van der Waals surface area contributed by atoms with Gasteiger partial charge in [0.1, 0.15) is 0 Å². The first-order valence-electron chi connectivity index (χ1n) is 8.27. The molecule has 0 radical (unpaired) electrons. The van der Waals surface area contributed by atoms with Crippen LogP contribution in [-0.2, 0) is 6.42 Å². The molecule has 2 heteroatoms. The fourth-order valence-electron chi connectivity index (χ4n) is 3.19. The SMILES string of the molecule is CCCc1ccc(C(CN2CCC(C)C2)NCC)cc1. The molecule has 0 amide bonds. The summed E-state index contributed by atoms with van der Waals surface area (Å²) >= 11 is 0. The minimum absolute atomic E-state index is 0.473. The molecule has 1 saturated heterocycles. The lowest BCUT2D eigenvalue weighted by molar-refractivity contribution is 0.286. The van der Waals surface area contributed by atoms with Crippen LogP contribution in [0.1, 0.15) is 50.8 Å². The summed E-state index contributed by atoms with van der Waals surface area (Å²) in [6, 6.07) is 9.71. The van der Waals surface area contributed by atoms with Crippen molar-refractivity contribution in [3.63, 3.8) is 0 Å². The standard InChI is InChI=1S/C18H30N2/c1-4-6-16-7-9-17(10-8-16)18(19-5-2)14-20-12-11-15(3)13-20/h7-10,15,18-19H,4-6,11-14H2,1-3H3. The average Bonchev–Trinajstić information content (AvgIpc) is 2.85. The van der Waals surface area contributed by atoms with Gasteiger partial charge in [-0.15, -0.1) is 0 Å². The zero-order valence-corrected chi connectivity index (χ0v) is 13.4. The van der Waals surface area contributed by atoms with Gasteiger partial charge in [-0.1, -0.05) is 51.5 Å². The molecule has 1 aliphatic rings. The summed E-state index contributed by atoms with van der Waals surface area (Å²) in [6.45, 7) is 11.5. The Balaban J connectivity index is 1.99. The van der Waals surface area contributed by atoms with E-state index in [4.69, 9.17) is 0 Å². The molecule has 1 aromatic rings. The second-order valence-electron chi connectivity index (χ2n) is 6.26. The van der Waals surface area contributed by atoms with Crippen LogP contribution in [0.3, 0.4) is 0 Å². The number of aryl methyl sites for hydroxylation is 1. The Morgan fingerprint density at radius 3 is 2.55 bits per heavy atom. The molecule has 2 nitrogen and oxygen atoms in total. The van der Waals surface area contributed by atoms with Crippen LogP contribution in [0.25, 0.3) is 0 Å². The first kappa shape index (κ1) is 15.5. The van der Waals surface area contributed by atoms with E-state index < -0.39 is 0 Å². The zero-order valence-electron chi connectivity index (χ0n) is 13.4. The highest BCUT2D eigenvalue weighted by atomic mass is 15.2. The number of nitrogens with one attached hydrogen (secondary N) is 1. The van der Waals surface area contributed by atoms with E-state index in [1.807, 2.05) is 0 Å². The molecule has 1 aliphatic heterocycles. The van der Waals surface area contributed by atoms with Gasteiger partial charge < -0.3 is 10.2 Å². The Morgan fingerprint density at radius 2 is 2.00 bits per heavy atom. The van der Waals surface area contributed by atoms with E-state index in [-0.39, 0.29) is 0 Å². The van der Waals surface area contributed by atoms with Gasteiger partial charge in [0.2, 0.25) is 0 Å². The second-order valence-corrected chi connectivity index (χ2v) is 6.26. The molecule has 2 atom stereocenters. The van der Waals surface area contributed by atoms with Crippen molar-refractivity contribution in [2.24, 2.45) is 5.92 Å². The van der Waals surface area contributed by atoms with Crippen LogP contribution in [0, 0.1) is 5.92 Å². The van der Waals surface area contributed by atoms with Crippen LogP contribution in [0.2, 0.25) is 0 Å². The monoisotopic (exact) mass is 274 g/mol. The molecule has 0 aromatic heterocycles. The van der Waals surface area contributed by atoms with E-state index in [9.17, 15) is 0 Å². The van der Waals surface area contributed by atoms with Crippen molar-refractivity contribution in [1.29, 1.82) is 0 Å². The van der Waals surface area contributed by atoms with E-state index in [0.717, 1.165) is 19.0 Å². The summed E-state index contributed by atoms with van der Waals surface area (Å²) in [4.78, 5) is 2.61. The van der Waals surface area contributed by atoms with E-state index >= 15 is 0 Å². The second kappa shape index (κ2) is 7.80. The number of likely N-dealkylation sites (tertiary alicyclic amines) is 1. The molecule has 20 heavy (non-hydrogen) atoms. The van der Waals surface area contributed by atoms with Crippen LogP contribution in [0.15, 0.2) is 24.3 Å². The molecule has 1 fully saturated rings. The summed E-state index contributed by atoms with van der Waals surface area (Å²) in [6.07, 6.45) is 3.77. The number of hydrogen-bond donors (Lipinski definition) is 1. The predicted molar refractivity (Wildman–Crippen MR) is 87.1 cm³/mol. The summed E-state index contributed by atoms with van der Waals surface area (Å²) in [7, 11) is 0. The van der Waals surface area contributed by atoms with Gasteiger partial charge in [-0.05, 0) is 43.0 Å². The maximum Gasteiger partial charge on any atom is 0.0449 e. The molecule has 0 saturated carbocycles. The van der Waals surface area contributed by atoms with Crippen LogP contribution in [0.5, 0.6) is 0 Å². The quantitative estimate of drug-likeness (QED) is 0.817. The van der Waals surface area contributed by atoms with Crippen LogP contribution < -0.4 is 5.32 Å². The number of benzene rings is 1. The molecule has 0 bridgehead atoms. The average molecular weight is 274 g/mol. The van der Waals surface area contributed by atoms with Crippen molar-refractivity contribution in [1.82, 2.24) is 10.2 Å². The molecular weight excluding hydrogens is 244 g/mol. The minimum Gasteiger partial charge on any atom is -0.309 e. The molecule has 2 unspecified atom stereocenters. The van der Waals surface area contributed by atoms with Gasteiger partial charge >= 0.3 is 0 Å². The van der Waals surface area contributed by atoms with E-state index in [0.29, 0.717) is 6.04 Å². The highest BCUT2D eigenvalue weighted by Crippen LogP contribution is 2.21. The van der Waals surface area contributed by atoms with Gasteiger partial charge in [-0.3, -0.25) is 0 Å². The smallest absolute Gasteiger partial charge is 0.0449 e. The lowest BCUT2D eigenvalue weighted by Crippen LogP contribution is -2.34. The number of hydrogen-bond acceptors (Lipinski definition) is 2. The van der Waals surface area contributed by atoms with Crippen molar-refractivity contribution >= 4 is 0 Å². The van der Waals surface area contributed by atoms with E-state index in [2.05, 4.69) is 55.3 Å². The van der Waals surface area contributed by atoms with E-state index in [1.54, 1.807) is 0 Å². The summed E-state index contributed by atoms with van der Waals surface area (Å²) < 4.78 is 0. The van der Waals surface area contributed by atoms with Crippen molar-refractivity contribution in [3.05, 3.63) is 35.4 Å². The first-order chi connectivity index (χ1) is 9.72. The Morgan fingerprint density at radius 1 is 1.25 bits per heavy atom. The summed E-state index contributed by atoms with van der Waals surface area (Å²) in [5, 5.41) is 3.65. The Bertz CT molecular complexity index is 385. The summed E-state index contributed by atoms with van der Waals surface area (Å²) in [5.74, 6) is 0.865. The van der Waals surface area contributed by atoms with Gasteiger partial charge in [0.15, 0.2) is 0 Å². The maximum atomic E-state index is 3.65. The maximum absolute atomic E-state index is 3.65. The normalized spacial score (nSPS) is 21.2. The largest absolute Gasteiger partial charge is 0.309 e. The fraction of sp³-hybridized carbons (Fsp3) is 0.667. The molecule has 112 valence electrons. The zero-order chi connectivity index (χ0) is 14.4. The van der Waals surface area contributed by atoms with Crippen molar-refractivity contribution in [2.45, 2.75) is 46.1 Å². The molecule has 1 heterocycles. The van der Waals surface area contributed by atoms with Crippen molar-refractivity contribution < 1.29 is 0 Å². The lowest BCUT2D eigenvalue weighted by Gasteiger charge is -2.25. The molecular formula is C18H30N2. The van der Waals surface area contributed by atoms with Crippen LogP contribution in [0.4, 0.5) is 0 Å². The highest BCUT2D eigenvalue weighted by molar-refractivity contribution is 5.25. The van der Waals surface area contributed by atoms with Crippen molar-refractivity contribution in [2.75, 3.05) is 26.2 Å². The van der Waals surface area contributed by atoms with Gasteiger partial charge in [0.25, 0.3) is 0 Å². The molecule has 0 spiro atoms. The van der Waals surface area contributed by atoms with E-state index in [1.165, 1.54) is 43.5 Å². The number of likely N-dealkylation sites (N-methyl/N-ethyl adjacent to an activating group) is 1. The minimum atomic E-state index is 0.473. The van der Waals surface area contributed by atoms with Crippen molar-refractivity contribution in [3.8, 4) is 0 Å². The third kappa shape index (κ3) is 4.32. The predicted octanol–water partition coefficient (Wildman–Crippen LogP) is 3.63. The topological polar surface area (TPSA) is 15.3 Å². The third-order valence-corrected chi connectivity index (χ3v) is 4.32. The highest BCUT2D eigenvalue weighted by Gasteiger charge is 2.22. The molecule has 1 aromatic carbocycles. The fourth-order valence-corrected chi connectivity index (χ4v) is 3.19. The number of nitrogens with zero attached hydrogens (tertiary/aromatic N) is 1. The van der Waals surface area contributed by atoms with Gasteiger partial charge in [-0.2, -0.15) is 0 Å². The molecule has 1 N–H and O–H groups in total. The van der Waals surface area contributed by atoms with Gasteiger partial charge in [0, 0.05) is 19.1 Å². The third-order valence-electron chi connectivity index (χ3n) is 4.32. The Hall–Kier alpha value is -0.860. The molecule has 0 aliphatic carbocycles. The number of rotatable bonds is 7. The van der Waals surface area contributed by atoms with Crippen LogP contribution in [-0.4, -0.2) is 31.1 Å². The Labute approximate surface area is 124 Å². The lowest BCUT2D eigenvalue weighted by atomic mass is 10.0.